The number of aromatic nitrogens is 1. The Bertz CT molecular complexity index is 596. The number of nitrogens with zero attached hydrogens (tertiary/aromatic N) is 2. The molecule has 1 aromatic heterocycles. The summed E-state index contributed by atoms with van der Waals surface area (Å²) in [4.78, 5) is 5.16. The van der Waals surface area contributed by atoms with Crippen molar-refractivity contribution in [3.8, 4) is 16.6 Å². The molecule has 0 fully saturated rings. The van der Waals surface area contributed by atoms with Gasteiger partial charge in [-0.05, 0) is 19.4 Å². The summed E-state index contributed by atoms with van der Waals surface area (Å²) in [6.07, 6.45) is 0.321. The number of thiazole rings is 1. The van der Waals surface area contributed by atoms with Gasteiger partial charge in [-0.2, -0.15) is 5.26 Å². The molecule has 0 aliphatic heterocycles. The van der Waals surface area contributed by atoms with Gasteiger partial charge in [-0.15, -0.1) is 11.3 Å². The van der Waals surface area contributed by atoms with Gasteiger partial charge in [0.1, 0.15) is 10.2 Å². The molecule has 0 unspecified atom stereocenters. The second-order valence-corrected chi connectivity index (χ2v) is 5.33. The maximum Gasteiger partial charge on any atom is 0.144 e. The molecule has 0 radical (unpaired) electrons. The van der Waals surface area contributed by atoms with Crippen LogP contribution >= 0.6 is 22.9 Å². The maximum atomic E-state index is 8.69. The predicted octanol–water partition coefficient (Wildman–Crippen LogP) is 4.15. The van der Waals surface area contributed by atoms with Gasteiger partial charge in [0.15, 0.2) is 0 Å². The molecule has 0 spiro atoms. The van der Waals surface area contributed by atoms with E-state index in [-0.39, 0.29) is 0 Å². The van der Waals surface area contributed by atoms with E-state index in [2.05, 4.69) is 43.1 Å². The second kappa shape index (κ2) is 4.87. The van der Waals surface area contributed by atoms with Crippen LogP contribution in [0.2, 0.25) is 5.15 Å². The lowest BCUT2D eigenvalue weighted by Gasteiger charge is -2.02. The largest absolute Gasteiger partial charge is 0.224 e. The summed E-state index contributed by atoms with van der Waals surface area (Å²) in [6.45, 7) is 4.12. The van der Waals surface area contributed by atoms with E-state index < -0.39 is 0 Å². The minimum absolute atomic E-state index is 0.321. The van der Waals surface area contributed by atoms with E-state index in [1.807, 2.05) is 0 Å². The SMILES string of the molecule is Cc1ccc(-c2nc(Cl)c(CC#N)s2)c(C)c1. The molecule has 0 saturated heterocycles. The summed E-state index contributed by atoms with van der Waals surface area (Å²) in [6, 6.07) is 8.33. The summed E-state index contributed by atoms with van der Waals surface area (Å²) in [5.41, 5.74) is 3.50. The number of nitriles is 1. The fraction of sp³-hybridized carbons (Fsp3) is 0.231. The van der Waals surface area contributed by atoms with E-state index in [4.69, 9.17) is 16.9 Å². The molecule has 0 saturated carbocycles. The van der Waals surface area contributed by atoms with Crippen molar-refractivity contribution in [1.29, 1.82) is 5.26 Å². The standard InChI is InChI=1S/C13H11ClN2S/c1-8-3-4-10(9(2)7-8)13-16-12(14)11(17-13)5-6-15/h3-4,7H,5H2,1-2H3. The molecule has 0 aliphatic carbocycles. The number of hydrogen-bond acceptors (Lipinski definition) is 3. The number of halogens is 1. The minimum Gasteiger partial charge on any atom is -0.224 e. The number of rotatable bonds is 2. The maximum absolute atomic E-state index is 8.69. The third-order valence-electron chi connectivity index (χ3n) is 2.50. The Morgan fingerprint density at radius 2 is 2.18 bits per heavy atom. The quantitative estimate of drug-likeness (QED) is 0.815. The zero-order chi connectivity index (χ0) is 12.4. The number of aryl methyl sites for hydroxylation is 2. The Kier molecular flexibility index (Phi) is 3.46. The van der Waals surface area contributed by atoms with Gasteiger partial charge in [0, 0.05) is 5.56 Å². The normalized spacial score (nSPS) is 10.2. The van der Waals surface area contributed by atoms with E-state index in [1.54, 1.807) is 0 Å². The van der Waals surface area contributed by atoms with Crippen LogP contribution in [0.4, 0.5) is 0 Å². The lowest BCUT2D eigenvalue weighted by molar-refractivity contribution is 1.28. The van der Waals surface area contributed by atoms with Crippen molar-refractivity contribution in [2.75, 3.05) is 0 Å². The molecule has 1 aromatic carbocycles. The lowest BCUT2D eigenvalue weighted by atomic mass is 10.1. The van der Waals surface area contributed by atoms with Crippen molar-refractivity contribution < 1.29 is 0 Å². The van der Waals surface area contributed by atoms with E-state index >= 15 is 0 Å². The molecular weight excluding hydrogens is 252 g/mol. The van der Waals surface area contributed by atoms with Crippen molar-refractivity contribution in [2.45, 2.75) is 20.3 Å². The third-order valence-corrected chi connectivity index (χ3v) is 4.01. The smallest absolute Gasteiger partial charge is 0.144 e. The first-order valence-electron chi connectivity index (χ1n) is 5.21. The van der Waals surface area contributed by atoms with Crippen molar-refractivity contribution in [1.82, 2.24) is 4.98 Å². The Labute approximate surface area is 110 Å². The summed E-state index contributed by atoms with van der Waals surface area (Å²) in [5, 5.41) is 10.0. The van der Waals surface area contributed by atoms with E-state index in [0.29, 0.717) is 11.6 Å². The first-order valence-corrected chi connectivity index (χ1v) is 6.41. The van der Waals surface area contributed by atoms with Crippen LogP contribution in [0, 0.1) is 25.2 Å². The van der Waals surface area contributed by atoms with Crippen LogP contribution < -0.4 is 0 Å². The van der Waals surface area contributed by atoms with Gasteiger partial charge in [0.25, 0.3) is 0 Å². The molecule has 4 heteroatoms. The minimum atomic E-state index is 0.321. The predicted molar refractivity (Wildman–Crippen MR) is 71.4 cm³/mol. The van der Waals surface area contributed by atoms with Crippen LogP contribution in [0.1, 0.15) is 16.0 Å². The van der Waals surface area contributed by atoms with Crippen LogP contribution in [-0.4, -0.2) is 4.98 Å². The zero-order valence-electron chi connectivity index (χ0n) is 9.62. The zero-order valence-corrected chi connectivity index (χ0v) is 11.2. The van der Waals surface area contributed by atoms with Gasteiger partial charge in [-0.1, -0.05) is 35.4 Å². The summed E-state index contributed by atoms with van der Waals surface area (Å²) in [5.74, 6) is 0. The van der Waals surface area contributed by atoms with Crippen LogP contribution in [-0.2, 0) is 6.42 Å². The van der Waals surface area contributed by atoms with Crippen molar-refractivity contribution in [3.05, 3.63) is 39.4 Å². The second-order valence-electron chi connectivity index (χ2n) is 3.89. The molecular formula is C13H11ClN2S. The highest BCUT2D eigenvalue weighted by molar-refractivity contribution is 7.15. The fourth-order valence-electron chi connectivity index (χ4n) is 1.68. The Morgan fingerprint density at radius 3 is 2.82 bits per heavy atom. The summed E-state index contributed by atoms with van der Waals surface area (Å²) >= 11 is 7.50. The first kappa shape index (κ1) is 12.1. The van der Waals surface area contributed by atoms with Gasteiger partial charge in [-0.25, -0.2) is 4.98 Å². The highest BCUT2D eigenvalue weighted by atomic mass is 35.5. The first-order chi connectivity index (χ1) is 8.11. The molecule has 0 N–H and O–H groups in total. The van der Waals surface area contributed by atoms with Crippen LogP contribution in [0.25, 0.3) is 10.6 Å². The Balaban J connectivity index is 2.47. The van der Waals surface area contributed by atoms with Crippen molar-refractivity contribution in [3.63, 3.8) is 0 Å². The molecule has 0 aliphatic rings. The molecule has 2 nitrogen and oxygen atoms in total. The molecule has 1 heterocycles. The number of benzene rings is 1. The van der Waals surface area contributed by atoms with Gasteiger partial charge >= 0.3 is 0 Å². The van der Waals surface area contributed by atoms with Gasteiger partial charge in [-0.3, -0.25) is 0 Å². The van der Waals surface area contributed by atoms with Crippen LogP contribution in [0.5, 0.6) is 0 Å². The van der Waals surface area contributed by atoms with Gasteiger partial charge in [0.05, 0.1) is 17.4 Å². The third kappa shape index (κ3) is 2.49. The highest BCUT2D eigenvalue weighted by Crippen LogP contribution is 2.33. The average molecular weight is 263 g/mol. The van der Waals surface area contributed by atoms with Crippen LogP contribution in [0.15, 0.2) is 18.2 Å². The average Bonchev–Trinajstić information content (AvgIpc) is 2.60. The molecule has 2 rings (SSSR count). The van der Waals surface area contributed by atoms with E-state index in [0.717, 1.165) is 15.4 Å². The molecule has 86 valence electrons. The van der Waals surface area contributed by atoms with Crippen LogP contribution in [0.3, 0.4) is 0 Å². The molecule has 0 bridgehead atoms. The highest BCUT2D eigenvalue weighted by Gasteiger charge is 2.12. The Morgan fingerprint density at radius 1 is 1.41 bits per heavy atom. The summed E-state index contributed by atoms with van der Waals surface area (Å²) in [7, 11) is 0. The lowest BCUT2D eigenvalue weighted by Crippen LogP contribution is -1.83. The monoisotopic (exact) mass is 262 g/mol. The van der Waals surface area contributed by atoms with Gasteiger partial charge in [0.2, 0.25) is 0 Å². The number of hydrogen-bond donors (Lipinski definition) is 0. The van der Waals surface area contributed by atoms with Gasteiger partial charge < -0.3 is 0 Å². The molecule has 2 aromatic rings. The van der Waals surface area contributed by atoms with Crippen molar-refractivity contribution >= 4 is 22.9 Å². The van der Waals surface area contributed by atoms with E-state index in [9.17, 15) is 0 Å². The topological polar surface area (TPSA) is 36.7 Å². The molecule has 0 atom stereocenters. The molecule has 0 amide bonds. The fourth-order valence-corrected chi connectivity index (χ4v) is 2.98. The van der Waals surface area contributed by atoms with E-state index in [1.165, 1.54) is 22.5 Å². The molecule has 17 heavy (non-hydrogen) atoms. The Hall–Kier alpha value is -1.37. The van der Waals surface area contributed by atoms with Crippen molar-refractivity contribution in [2.24, 2.45) is 0 Å². The summed E-state index contributed by atoms with van der Waals surface area (Å²) < 4.78 is 0.